The van der Waals surface area contributed by atoms with Crippen LogP contribution in [0.3, 0.4) is 0 Å². The summed E-state index contributed by atoms with van der Waals surface area (Å²) >= 11 is 0. The molecule has 0 unspecified atom stereocenters. The molecular weight excluding hydrogens is 319 g/mol. The van der Waals surface area contributed by atoms with Gasteiger partial charge in [0.25, 0.3) is 5.91 Å². The number of hydrogen-bond donors (Lipinski definition) is 2. The minimum Gasteiger partial charge on any atom is -0.388 e. The first kappa shape index (κ1) is 18.6. The average Bonchev–Trinajstić information content (AvgIpc) is 2.52. The molecule has 1 amide bonds. The van der Waals surface area contributed by atoms with Crippen molar-refractivity contribution in [1.82, 2.24) is 10.3 Å². The van der Waals surface area contributed by atoms with Gasteiger partial charge in [-0.15, -0.1) is 0 Å². The van der Waals surface area contributed by atoms with Gasteiger partial charge in [0.2, 0.25) is 0 Å². The van der Waals surface area contributed by atoms with Crippen LogP contribution in [-0.2, 0) is 0 Å². The summed E-state index contributed by atoms with van der Waals surface area (Å²) in [7, 11) is 0. The van der Waals surface area contributed by atoms with Crippen molar-refractivity contribution in [2.75, 3.05) is 0 Å². The van der Waals surface area contributed by atoms with E-state index in [1.54, 1.807) is 39.0 Å². The summed E-state index contributed by atoms with van der Waals surface area (Å²) in [6.45, 7) is 6.81. The number of rotatable bonds is 3. The van der Waals surface area contributed by atoms with Gasteiger partial charge in [0.05, 0.1) is 11.6 Å². The molecule has 1 atom stereocenters. The zero-order chi connectivity index (χ0) is 18.6. The maximum Gasteiger partial charge on any atom is 0.270 e. The topological polar surface area (TPSA) is 62.2 Å². The van der Waals surface area contributed by atoms with Crippen molar-refractivity contribution in [1.29, 1.82) is 0 Å². The summed E-state index contributed by atoms with van der Waals surface area (Å²) in [5, 5.41) is 12.6. The number of carbonyl (C=O) groups excluding carboxylic acids is 1. The Kier molecular flexibility index (Phi) is 5.55. The number of carbonyl (C=O) groups is 1. The minimum atomic E-state index is -1.03. The van der Waals surface area contributed by atoms with E-state index in [1.807, 2.05) is 6.92 Å². The predicted octanol–water partition coefficient (Wildman–Crippen LogP) is 2.82. The molecule has 0 fully saturated rings. The number of pyridine rings is 1. The van der Waals surface area contributed by atoms with Crippen molar-refractivity contribution in [2.24, 2.45) is 0 Å². The highest BCUT2D eigenvalue weighted by atomic mass is 19.1. The first-order valence-electron chi connectivity index (χ1n) is 7.94. The van der Waals surface area contributed by atoms with E-state index in [0.717, 1.165) is 5.56 Å². The maximum absolute atomic E-state index is 13.2. The average molecular weight is 340 g/mol. The van der Waals surface area contributed by atoms with Crippen molar-refractivity contribution in [3.05, 3.63) is 64.7 Å². The molecule has 1 aromatic carbocycles. The number of hydrogen-bond acceptors (Lipinski definition) is 3. The van der Waals surface area contributed by atoms with Crippen LogP contribution in [0.5, 0.6) is 0 Å². The van der Waals surface area contributed by atoms with Gasteiger partial charge >= 0.3 is 0 Å². The van der Waals surface area contributed by atoms with Crippen LogP contribution in [0.1, 0.15) is 48.0 Å². The number of benzene rings is 1. The molecule has 0 aliphatic rings. The van der Waals surface area contributed by atoms with E-state index in [0.29, 0.717) is 11.1 Å². The zero-order valence-corrected chi connectivity index (χ0v) is 14.7. The summed E-state index contributed by atoms with van der Waals surface area (Å²) in [6.07, 6.45) is 1.52. The van der Waals surface area contributed by atoms with Gasteiger partial charge in [-0.3, -0.25) is 4.79 Å². The molecule has 0 radical (unpaired) electrons. The Morgan fingerprint density at radius 1 is 1.32 bits per heavy atom. The molecule has 5 heteroatoms. The molecule has 2 aromatic rings. The Morgan fingerprint density at radius 3 is 2.64 bits per heavy atom. The van der Waals surface area contributed by atoms with Crippen LogP contribution < -0.4 is 5.32 Å². The number of halogens is 1. The third-order valence-corrected chi connectivity index (χ3v) is 3.92. The largest absolute Gasteiger partial charge is 0.388 e. The molecule has 0 saturated heterocycles. The molecular formula is C20H21FN2O2. The minimum absolute atomic E-state index is 0.255. The second-order valence-electron chi connectivity index (χ2n) is 6.49. The molecule has 130 valence electrons. The third kappa shape index (κ3) is 5.13. The van der Waals surface area contributed by atoms with Gasteiger partial charge < -0.3 is 10.4 Å². The quantitative estimate of drug-likeness (QED) is 0.845. The summed E-state index contributed by atoms with van der Waals surface area (Å²) in [5.41, 5.74) is 1.25. The lowest BCUT2D eigenvalue weighted by Gasteiger charge is -2.26. The zero-order valence-electron chi connectivity index (χ0n) is 14.7. The van der Waals surface area contributed by atoms with E-state index in [-0.39, 0.29) is 17.4 Å². The molecule has 1 heterocycles. The van der Waals surface area contributed by atoms with Crippen LogP contribution in [-0.4, -0.2) is 27.6 Å². The van der Waals surface area contributed by atoms with Crippen LogP contribution in [0.2, 0.25) is 0 Å². The fourth-order valence-electron chi connectivity index (χ4n) is 1.96. The van der Waals surface area contributed by atoms with Gasteiger partial charge in [-0.25, -0.2) is 9.37 Å². The first-order chi connectivity index (χ1) is 11.7. The highest BCUT2D eigenvalue weighted by Crippen LogP contribution is 2.11. The smallest absolute Gasteiger partial charge is 0.270 e. The second-order valence-corrected chi connectivity index (χ2v) is 6.49. The second kappa shape index (κ2) is 7.45. The van der Waals surface area contributed by atoms with E-state index in [1.165, 1.54) is 18.3 Å². The summed E-state index contributed by atoms with van der Waals surface area (Å²) in [5.74, 6) is 5.12. The van der Waals surface area contributed by atoms with Gasteiger partial charge in [-0.2, -0.15) is 0 Å². The number of nitrogens with one attached hydrogen (secondary N) is 1. The SMILES string of the molecule is Cc1cc(C(=O)N[C@H](C)C(C)(C)O)ncc1C#Cc1cccc(F)c1. The van der Waals surface area contributed by atoms with Crippen LogP contribution in [0.15, 0.2) is 36.5 Å². The molecule has 0 bridgehead atoms. The van der Waals surface area contributed by atoms with Gasteiger partial charge in [0.15, 0.2) is 0 Å². The number of nitrogens with zero attached hydrogens (tertiary/aromatic N) is 1. The summed E-state index contributed by atoms with van der Waals surface area (Å²) in [4.78, 5) is 16.4. The standard InChI is InChI=1S/C20H21FN2O2/c1-13-10-18(19(24)23-14(2)20(3,4)25)22-12-16(13)9-8-15-6-5-7-17(21)11-15/h5-7,10-12,14,25H,1-4H3,(H,23,24)/t14-/m1/s1. The van der Waals surface area contributed by atoms with Crippen LogP contribution >= 0.6 is 0 Å². The van der Waals surface area contributed by atoms with E-state index in [4.69, 9.17) is 0 Å². The fourth-order valence-corrected chi connectivity index (χ4v) is 1.96. The first-order valence-corrected chi connectivity index (χ1v) is 7.94. The van der Waals surface area contributed by atoms with Gasteiger partial charge in [-0.1, -0.05) is 17.9 Å². The van der Waals surface area contributed by atoms with Crippen molar-refractivity contribution < 1.29 is 14.3 Å². The lowest BCUT2D eigenvalue weighted by Crippen LogP contribution is -2.47. The number of aromatic nitrogens is 1. The number of aryl methyl sites for hydroxylation is 1. The normalized spacial score (nSPS) is 12.1. The van der Waals surface area contributed by atoms with Crippen LogP contribution in [0.25, 0.3) is 0 Å². The monoisotopic (exact) mass is 340 g/mol. The number of aliphatic hydroxyl groups is 1. The summed E-state index contributed by atoms with van der Waals surface area (Å²) < 4.78 is 13.2. The van der Waals surface area contributed by atoms with E-state index < -0.39 is 11.6 Å². The molecule has 0 spiro atoms. The molecule has 0 saturated carbocycles. The Bertz CT molecular complexity index is 845. The van der Waals surface area contributed by atoms with Gasteiger partial charge in [-0.05, 0) is 57.5 Å². The Morgan fingerprint density at radius 2 is 2.04 bits per heavy atom. The highest BCUT2D eigenvalue weighted by molar-refractivity contribution is 5.92. The van der Waals surface area contributed by atoms with Crippen LogP contribution in [0, 0.1) is 24.6 Å². The van der Waals surface area contributed by atoms with Crippen molar-refractivity contribution >= 4 is 5.91 Å². The number of amides is 1. The molecule has 1 aromatic heterocycles. The molecule has 2 rings (SSSR count). The van der Waals surface area contributed by atoms with Crippen LogP contribution in [0.4, 0.5) is 4.39 Å². The highest BCUT2D eigenvalue weighted by Gasteiger charge is 2.24. The van der Waals surface area contributed by atoms with Gasteiger partial charge in [0.1, 0.15) is 11.5 Å². The molecule has 2 N–H and O–H groups in total. The van der Waals surface area contributed by atoms with Gasteiger partial charge in [0, 0.05) is 17.3 Å². The summed E-state index contributed by atoms with van der Waals surface area (Å²) in [6, 6.07) is 7.26. The molecule has 0 aliphatic heterocycles. The molecule has 4 nitrogen and oxygen atoms in total. The lowest BCUT2D eigenvalue weighted by molar-refractivity contribution is 0.0407. The van der Waals surface area contributed by atoms with E-state index in [2.05, 4.69) is 22.1 Å². The Hall–Kier alpha value is -2.71. The predicted molar refractivity (Wildman–Crippen MR) is 94.6 cm³/mol. The maximum atomic E-state index is 13.2. The fraction of sp³-hybridized carbons (Fsp3) is 0.300. The van der Waals surface area contributed by atoms with E-state index >= 15 is 0 Å². The lowest BCUT2D eigenvalue weighted by atomic mass is 10.0. The third-order valence-electron chi connectivity index (χ3n) is 3.92. The van der Waals surface area contributed by atoms with E-state index in [9.17, 15) is 14.3 Å². The van der Waals surface area contributed by atoms with Crippen molar-refractivity contribution in [2.45, 2.75) is 39.3 Å². The van der Waals surface area contributed by atoms with Crippen molar-refractivity contribution in [3.8, 4) is 11.8 Å². The Balaban J connectivity index is 2.17. The Labute approximate surface area is 147 Å². The van der Waals surface area contributed by atoms with Crippen molar-refractivity contribution in [3.63, 3.8) is 0 Å². The molecule has 0 aliphatic carbocycles. The molecule has 25 heavy (non-hydrogen) atoms.